The topological polar surface area (TPSA) is 56.4 Å². The Labute approximate surface area is 166 Å². The van der Waals surface area contributed by atoms with E-state index >= 15 is 0 Å². The predicted molar refractivity (Wildman–Crippen MR) is 106 cm³/mol. The minimum absolute atomic E-state index is 0.0675. The van der Waals surface area contributed by atoms with Crippen LogP contribution in [0.25, 0.3) is 10.9 Å². The Hall–Kier alpha value is -2.86. The number of carbonyl (C=O) groups excluding carboxylic acids is 2. The first-order valence-corrected chi connectivity index (χ1v) is 9.43. The molecule has 0 atom stereocenters. The van der Waals surface area contributed by atoms with E-state index in [1.54, 1.807) is 41.0 Å². The van der Waals surface area contributed by atoms with Crippen LogP contribution in [0, 0.1) is 12.7 Å². The second kappa shape index (κ2) is 7.28. The molecule has 0 aliphatic carbocycles. The summed E-state index contributed by atoms with van der Waals surface area (Å²) in [5.74, 6) is -0.981. The first kappa shape index (κ1) is 18.5. The van der Waals surface area contributed by atoms with Crippen LogP contribution in [0.3, 0.4) is 0 Å². The molecule has 1 aromatic heterocycles. The van der Waals surface area contributed by atoms with E-state index in [0.717, 1.165) is 16.5 Å². The minimum atomic E-state index is -0.514. The summed E-state index contributed by atoms with van der Waals surface area (Å²) in [6.07, 6.45) is 0. The summed E-state index contributed by atoms with van der Waals surface area (Å²) in [6, 6.07) is 11.8. The maximum absolute atomic E-state index is 14.1. The molecule has 4 rings (SSSR count). The van der Waals surface area contributed by atoms with E-state index < -0.39 is 5.82 Å². The van der Waals surface area contributed by atoms with E-state index in [0.29, 0.717) is 36.9 Å². The van der Waals surface area contributed by atoms with Crippen LogP contribution in [0.15, 0.2) is 42.5 Å². The molecule has 0 bridgehead atoms. The average Bonchev–Trinajstić information content (AvgIpc) is 3.10. The summed E-state index contributed by atoms with van der Waals surface area (Å²) in [6.45, 7) is 3.30. The predicted octanol–water partition coefficient (Wildman–Crippen LogP) is 3.87. The van der Waals surface area contributed by atoms with E-state index in [-0.39, 0.29) is 17.4 Å². The first-order valence-electron chi connectivity index (χ1n) is 9.05. The van der Waals surface area contributed by atoms with Gasteiger partial charge in [0.15, 0.2) is 0 Å². The van der Waals surface area contributed by atoms with Crippen molar-refractivity contribution in [3.8, 4) is 0 Å². The Kier molecular flexibility index (Phi) is 4.81. The van der Waals surface area contributed by atoms with Crippen molar-refractivity contribution in [3.63, 3.8) is 0 Å². The SMILES string of the molecule is Cc1ccc(C(=O)N2CCN(C(=O)c3cc4cc(Cl)ccc4[nH]3)CC2)c(F)c1. The van der Waals surface area contributed by atoms with Gasteiger partial charge in [0.05, 0.1) is 5.56 Å². The molecule has 1 fully saturated rings. The van der Waals surface area contributed by atoms with Crippen LogP contribution in [-0.4, -0.2) is 52.8 Å². The highest BCUT2D eigenvalue weighted by Crippen LogP contribution is 2.21. The van der Waals surface area contributed by atoms with Crippen molar-refractivity contribution in [1.29, 1.82) is 0 Å². The van der Waals surface area contributed by atoms with Crippen molar-refractivity contribution in [1.82, 2.24) is 14.8 Å². The molecule has 1 aliphatic heterocycles. The van der Waals surface area contributed by atoms with Crippen LogP contribution < -0.4 is 0 Å². The maximum atomic E-state index is 14.1. The number of halogens is 2. The molecular formula is C21H19ClFN3O2. The third-order valence-corrected chi connectivity index (χ3v) is 5.26. The second-order valence-electron chi connectivity index (χ2n) is 6.98. The maximum Gasteiger partial charge on any atom is 0.270 e. The smallest absolute Gasteiger partial charge is 0.270 e. The van der Waals surface area contributed by atoms with Gasteiger partial charge in [-0.25, -0.2) is 4.39 Å². The van der Waals surface area contributed by atoms with Crippen molar-refractivity contribution in [2.24, 2.45) is 0 Å². The van der Waals surface area contributed by atoms with E-state index in [4.69, 9.17) is 11.6 Å². The van der Waals surface area contributed by atoms with Crippen molar-refractivity contribution in [2.75, 3.05) is 26.2 Å². The molecule has 5 nitrogen and oxygen atoms in total. The number of benzene rings is 2. The molecule has 7 heteroatoms. The molecule has 28 heavy (non-hydrogen) atoms. The number of hydrogen-bond donors (Lipinski definition) is 1. The van der Waals surface area contributed by atoms with Gasteiger partial charge >= 0.3 is 0 Å². The number of carbonyl (C=O) groups is 2. The number of aryl methyl sites for hydroxylation is 1. The number of amides is 2. The lowest BCUT2D eigenvalue weighted by molar-refractivity contribution is 0.0530. The second-order valence-corrected chi connectivity index (χ2v) is 7.42. The van der Waals surface area contributed by atoms with Gasteiger partial charge in [0, 0.05) is 42.1 Å². The van der Waals surface area contributed by atoms with Gasteiger partial charge in [-0.1, -0.05) is 17.7 Å². The Morgan fingerprint density at radius 2 is 1.64 bits per heavy atom. The summed E-state index contributed by atoms with van der Waals surface area (Å²) >= 11 is 6.00. The highest BCUT2D eigenvalue weighted by Gasteiger charge is 2.27. The van der Waals surface area contributed by atoms with Gasteiger partial charge in [-0.15, -0.1) is 0 Å². The van der Waals surface area contributed by atoms with Crippen LogP contribution >= 0.6 is 11.6 Å². The van der Waals surface area contributed by atoms with Crippen LogP contribution in [0.2, 0.25) is 5.02 Å². The molecule has 144 valence electrons. The van der Waals surface area contributed by atoms with E-state index in [1.165, 1.54) is 12.1 Å². The Morgan fingerprint density at radius 3 is 2.32 bits per heavy atom. The Balaban J connectivity index is 1.44. The molecule has 1 aliphatic rings. The number of rotatable bonds is 2. The lowest BCUT2D eigenvalue weighted by Gasteiger charge is -2.34. The number of piperazine rings is 1. The van der Waals surface area contributed by atoms with Gasteiger partial charge in [-0.2, -0.15) is 0 Å². The molecule has 2 amide bonds. The van der Waals surface area contributed by atoms with Crippen LogP contribution in [-0.2, 0) is 0 Å². The van der Waals surface area contributed by atoms with Gasteiger partial charge in [-0.3, -0.25) is 9.59 Å². The molecule has 0 unspecified atom stereocenters. The van der Waals surface area contributed by atoms with Gasteiger partial charge < -0.3 is 14.8 Å². The number of H-pyrrole nitrogens is 1. The summed E-state index contributed by atoms with van der Waals surface area (Å²) in [5.41, 5.74) is 2.17. The quantitative estimate of drug-likeness (QED) is 0.711. The molecule has 0 spiro atoms. The van der Waals surface area contributed by atoms with Crippen LogP contribution in [0.5, 0.6) is 0 Å². The standard InChI is InChI=1S/C21H19ClFN3O2/c1-13-2-4-16(17(23)10-13)20(27)25-6-8-26(9-7-25)21(28)19-12-14-11-15(22)3-5-18(14)24-19/h2-5,10-12,24H,6-9H2,1H3. The number of nitrogens with zero attached hydrogens (tertiary/aromatic N) is 2. The molecule has 1 N–H and O–H groups in total. The molecule has 2 aromatic carbocycles. The minimum Gasteiger partial charge on any atom is -0.351 e. The number of fused-ring (bicyclic) bond motifs is 1. The third-order valence-electron chi connectivity index (χ3n) is 5.02. The number of aromatic amines is 1. The molecular weight excluding hydrogens is 381 g/mol. The van der Waals surface area contributed by atoms with Crippen molar-refractivity contribution in [2.45, 2.75) is 6.92 Å². The average molecular weight is 400 g/mol. The van der Waals surface area contributed by atoms with Crippen LogP contribution in [0.4, 0.5) is 4.39 Å². The zero-order valence-electron chi connectivity index (χ0n) is 15.3. The van der Waals surface area contributed by atoms with Crippen LogP contribution in [0.1, 0.15) is 26.4 Å². The fraction of sp³-hybridized carbons (Fsp3) is 0.238. The Bertz CT molecular complexity index is 1070. The largest absolute Gasteiger partial charge is 0.351 e. The van der Waals surface area contributed by atoms with Crippen molar-refractivity contribution >= 4 is 34.3 Å². The van der Waals surface area contributed by atoms with Gasteiger partial charge in [0.1, 0.15) is 11.5 Å². The number of nitrogens with one attached hydrogen (secondary N) is 1. The van der Waals surface area contributed by atoms with Gasteiger partial charge in [0.25, 0.3) is 11.8 Å². The normalized spacial score (nSPS) is 14.5. The Morgan fingerprint density at radius 1 is 0.964 bits per heavy atom. The fourth-order valence-corrected chi connectivity index (χ4v) is 3.65. The summed E-state index contributed by atoms with van der Waals surface area (Å²) in [7, 11) is 0. The lowest BCUT2D eigenvalue weighted by atomic mass is 10.1. The summed E-state index contributed by atoms with van der Waals surface area (Å²) in [5, 5.41) is 1.49. The third kappa shape index (κ3) is 3.47. The monoisotopic (exact) mass is 399 g/mol. The molecule has 0 saturated carbocycles. The molecule has 3 aromatic rings. The zero-order valence-corrected chi connectivity index (χ0v) is 16.1. The number of aromatic nitrogens is 1. The van der Waals surface area contributed by atoms with Gasteiger partial charge in [-0.05, 0) is 48.9 Å². The van der Waals surface area contributed by atoms with E-state index in [1.807, 2.05) is 6.07 Å². The molecule has 1 saturated heterocycles. The molecule has 0 radical (unpaired) electrons. The number of hydrogen-bond acceptors (Lipinski definition) is 2. The van der Waals surface area contributed by atoms with Gasteiger partial charge in [0.2, 0.25) is 0 Å². The molecule has 2 heterocycles. The van der Waals surface area contributed by atoms with Crippen molar-refractivity contribution < 1.29 is 14.0 Å². The highest BCUT2D eigenvalue weighted by atomic mass is 35.5. The van der Waals surface area contributed by atoms with E-state index in [9.17, 15) is 14.0 Å². The first-order chi connectivity index (χ1) is 13.4. The zero-order chi connectivity index (χ0) is 19.8. The summed E-state index contributed by atoms with van der Waals surface area (Å²) in [4.78, 5) is 31.8. The van der Waals surface area contributed by atoms with Crippen molar-refractivity contribution in [3.05, 3.63) is 70.1 Å². The fourth-order valence-electron chi connectivity index (χ4n) is 3.47. The summed E-state index contributed by atoms with van der Waals surface area (Å²) < 4.78 is 14.1. The highest BCUT2D eigenvalue weighted by molar-refractivity contribution is 6.31. The lowest BCUT2D eigenvalue weighted by Crippen LogP contribution is -2.50. The van der Waals surface area contributed by atoms with E-state index in [2.05, 4.69) is 4.98 Å².